The van der Waals surface area contributed by atoms with Gasteiger partial charge in [0, 0.05) is 6.20 Å². The van der Waals surface area contributed by atoms with Crippen molar-refractivity contribution in [1.82, 2.24) is 4.98 Å². The molecule has 5 heteroatoms. The minimum absolute atomic E-state index is 0. The summed E-state index contributed by atoms with van der Waals surface area (Å²) in [7, 11) is 0. The van der Waals surface area contributed by atoms with Crippen LogP contribution in [-0.4, -0.2) is 16.9 Å². The molecule has 1 aromatic heterocycles. The highest BCUT2D eigenvalue weighted by Gasteiger charge is 2.22. The van der Waals surface area contributed by atoms with Crippen LogP contribution < -0.4 is 11.1 Å². The van der Waals surface area contributed by atoms with Gasteiger partial charge >= 0.3 is 0 Å². The zero-order chi connectivity index (χ0) is 12.1. The maximum absolute atomic E-state index is 11.8. The molecule has 2 rings (SSSR count). The van der Waals surface area contributed by atoms with Gasteiger partial charge in [0.05, 0.1) is 17.9 Å². The molecule has 1 fully saturated rings. The summed E-state index contributed by atoms with van der Waals surface area (Å²) in [5.41, 5.74) is 6.62. The Bertz CT molecular complexity index is 366. The summed E-state index contributed by atoms with van der Waals surface area (Å²) in [5.74, 6) is 0.523. The number of hydrogen-bond donors (Lipinski definition) is 2. The third kappa shape index (κ3) is 4.27. The van der Waals surface area contributed by atoms with Crippen LogP contribution in [0.2, 0.25) is 0 Å². The van der Waals surface area contributed by atoms with E-state index in [-0.39, 0.29) is 18.3 Å². The molecular weight excluding hydrogens is 250 g/mol. The van der Waals surface area contributed by atoms with Crippen LogP contribution in [0, 0.1) is 5.92 Å². The van der Waals surface area contributed by atoms with Crippen LogP contribution in [-0.2, 0) is 4.79 Å². The molecule has 1 heterocycles. The van der Waals surface area contributed by atoms with E-state index in [2.05, 4.69) is 10.3 Å². The van der Waals surface area contributed by atoms with E-state index in [1.807, 2.05) is 6.07 Å². The molecular formula is C13H20ClN3O. The average Bonchev–Trinajstić information content (AvgIpc) is 2.83. The Kier molecular flexibility index (Phi) is 6.09. The Morgan fingerprint density at radius 2 is 2.22 bits per heavy atom. The minimum Gasteiger partial charge on any atom is -0.323 e. The number of hydrogen-bond acceptors (Lipinski definition) is 3. The monoisotopic (exact) mass is 269 g/mol. The highest BCUT2D eigenvalue weighted by molar-refractivity contribution is 5.94. The average molecular weight is 270 g/mol. The van der Waals surface area contributed by atoms with Gasteiger partial charge in [0.25, 0.3) is 0 Å². The molecule has 1 aromatic rings. The summed E-state index contributed by atoms with van der Waals surface area (Å²) in [6.45, 7) is 0. The lowest BCUT2D eigenvalue weighted by Gasteiger charge is -2.15. The number of anilines is 1. The van der Waals surface area contributed by atoms with Crippen molar-refractivity contribution in [3.63, 3.8) is 0 Å². The van der Waals surface area contributed by atoms with Crippen molar-refractivity contribution in [2.75, 3.05) is 5.32 Å². The normalized spacial score (nSPS) is 16.9. The standard InChI is InChI=1S/C13H19N3O.ClH/c14-12(8-10-4-1-2-5-10)13(17)16-11-6-3-7-15-9-11;/h3,6-7,9-10,12H,1-2,4-5,8,14H2,(H,16,17);1H/t12-;/m0./s1. The summed E-state index contributed by atoms with van der Waals surface area (Å²) in [6, 6.07) is 3.20. The number of amides is 1. The summed E-state index contributed by atoms with van der Waals surface area (Å²) in [5, 5.41) is 2.79. The molecule has 0 spiro atoms. The Morgan fingerprint density at radius 3 is 2.83 bits per heavy atom. The van der Waals surface area contributed by atoms with E-state index >= 15 is 0 Å². The molecule has 100 valence electrons. The van der Waals surface area contributed by atoms with Crippen molar-refractivity contribution in [3.05, 3.63) is 24.5 Å². The lowest BCUT2D eigenvalue weighted by atomic mass is 9.98. The molecule has 1 aliphatic rings. The van der Waals surface area contributed by atoms with Gasteiger partial charge in [-0.25, -0.2) is 0 Å². The number of aromatic nitrogens is 1. The van der Waals surface area contributed by atoms with Gasteiger partial charge in [-0.15, -0.1) is 12.4 Å². The zero-order valence-corrected chi connectivity index (χ0v) is 11.2. The second-order valence-electron chi connectivity index (χ2n) is 4.72. The molecule has 4 nitrogen and oxygen atoms in total. The molecule has 18 heavy (non-hydrogen) atoms. The van der Waals surface area contributed by atoms with Gasteiger partial charge < -0.3 is 11.1 Å². The number of pyridine rings is 1. The Balaban J connectivity index is 0.00000162. The van der Waals surface area contributed by atoms with Gasteiger partial charge in [-0.05, 0) is 24.5 Å². The fourth-order valence-corrected chi connectivity index (χ4v) is 2.38. The van der Waals surface area contributed by atoms with Crippen molar-refractivity contribution >= 4 is 24.0 Å². The fourth-order valence-electron chi connectivity index (χ4n) is 2.38. The molecule has 1 amide bonds. The first-order valence-electron chi connectivity index (χ1n) is 6.22. The Labute approximate surface area is 114 Å². The molecule has 1 saturated carbocycles. The lowest BCUT2D eigenvalue weighted by molar-refractivity contribution is -0.117. The van der Waals surface area contributed by atoms with E-state index in [4.69, 9.17) is 5.73 Å². The molecule has 1 atom stereocenters. The van der Waals surface area contributed by atoms with Gasteiger partial charge in [0.15, 0.2) is 0 Å². The number of nitrogens with one attached hydrogen (secondary N) is 1. The molecule has 0 aromatic carbocycles. The van der Waals surface area contributed by atoms with Gasteiger partial charge in [-0.1, -0.05) is 25.7 Å². The first kappa shape index (κ1) is 14.9. The van der Waals surface area contributed by atoms with Crippen LogP contribution in [0.4, 0.5) is 5.69 Å². The number of rotatable bonds is 4. The molecule has 0 saturated heterocycles. The highest BCUT2D eigenvalue weighted by atomic mass is 35.5. The van der Waals surface area contributed by atoms with Crippen LogP contribution in [0.25, 0.3) is 0 Å². The first-order chi connectivity index (χ1) is 8.25. The maximum atomic E-state index is 11.8. The smallest absolute Gasteiger partial charge is 0.241 e. The van der Waals surface area contributed by atoms with E-state index < -0.39 is 6.04 Å². The van der Waals surface area contributed by atoms with E-state index in [1.54, 1.807) is 18.5 Å². The zero-order valence-electron chi connectivity index (χ0n) is 10.3. The van der Waals surface area contributed by atoms with E-state index in [1.165, 1.54) is 25.7 Å². The number of nitrogens with two attached hydrogens (primary N) is 1. The number of halogens is 1. The van der Waals surface area contributed by atoms with Gasteiger partial charge in [-0.3, -0.25) is 9.78 Å². The quantitative estimate of drug-likeness (QED) is 0.882. The number of carbonyl (C=O) groups excluding carboxylic acids is 1. The number of nitrogens with zero attached hydrogens (tertiary/aromatic N) is 1. The fraction of sp³-hybridized carbons (Fsp3) is 0.538. The van der Waals surface area contributed by atoms with E-state index in [0.29, 0.717) is 11.6 Å². The summed E-state index contributed by atoms with van der Waals surface area (Å²) in [4.78, 5) is 15.8. The maximum Gasteiger partial charge on any atom is 0.241 e. The minimum atomic E-state index is -0.404. The van der Waals surface area contributed by atoms with E-state index in [0.717, 1.165) is 6.42 Å². The molecule has 1 aliphatic carbocycles. The van der Waals surface area contributed by atoms with Crippen molar-refractivity contribution in [3.8, 4) is 0 Å². The van der Waals surface area contributed by atoms with Crippen LogP contribution in [0.3, 0.4) is 0 Å². The third-order valence-corrected chi connectivity index (χ3v) is 3.33. The van der Waals surface area contributed by atoms with E-state index in [9.17, 15) is 4.79 Å². The second-order valence-corrected chi connectivity index (χ2v) is 4.72. The second kappa shape index (κ2) is 7.34. The van der Waals surface area contributed by atoms with Crippen molar-refractivity contribution in [1.29, 1.82) is 0 Å². The molecule has 0 unspecified atom stereocenters. The number of carbonyl (C=O) groups is 1. The highest BCUT2D eigenvalue weighted by Crippen LogP contribution is 2.28. The van der Waals surface area contributed by atoms with Crippen LogP contribution >= 0.6 is 12.4 Å². The van der Waals surface area contributed by atoms with Crippen molar-refractivity contribution in [2.45, 2.75) is 38.1 Å². The summed E-state index contributed by atoms with van der Waals surface area (Å²) in [6.07, 6.45) is 9.09. The SMILES string of the molecule is Cl.N[C@@H](CC1CCCC1)C(=O)Nc1cccnc1. The molecule has 0 bridgehead atoms. The van der Waals surface area contributed by atoms with Gasteiger partial charge in [0.1, 0.15) is 0 Å². The molecule has 0 radical (unpaired) electrons. The Hall–Kier alpha value is -1.13. The van der Waals surface area contributed by atoms with Crippen LogP contribution in [0.1, 0.15) is 32.1 Å². The van der Waals surface area contributed by atoms with Crippen molar-refractivity contribution in [2.24, 2.45) is 11.7 Å². The van der Waals surface area contributed by atoms with Gasteiger partial charge in [0.2, 0.25) is 5.91 Å². The summed E-state index contributed by atoms with van der Waals surface area (Å²) < 4.78 is 0. The predicted molar refractivity (Wildman–Crippen MR) is 74.7 cm³/mol. The largest absolute Gasteiger partial charge is 0.323 e. The summed E-state index contributed by atoms with van der Waals surface area (Å²) >= 11 is 0. The third-order valence-electron chi connectivity index (χ3n) is 3.33. The first-order valence-corrected chi connectivity index (χ1v) is 6.22. The molecule has 3 N–H and O–H groups in total. The Morgan fingerprint density at radius 1 is 1.50 bits per heavy atom. The van der Waals surface area contributed by atoms with Crippen LogP contribution in [0.15, 0.2) is 24.5 Å². The topological polar surface area (TPSA) is 68.0 Å². The molecule has 0 aliphatic heterocycles. The predicted octanol–water partition coefficient (Wildman–Crippen LogP) is 2.35. The van der Waals surface area contributed by atoms with Crippen LogP contribution in [0.5, 0.6) is 0 Å². The van der Waals surface area contributed by atoms with Crippen molar-refractivity contribution < 1.29 is 4.79 Å². The van der Waals surface area contributed by atoms with Gasteiger partial charge in [-0.2, -0.15) is 0 Å². The lowest BCUT2D eigenvalue weighted by Crippen LogP contribution is -2.37.